The van der Waals surface area contributed by atoms with E-state index in [4.69, 9.17) is 0 Å². The van der Waals surface area contributed by atoms with Crippen molar-refractivity contribution < 1.29 is 4.39 Å². The summed E-state index contributed by atoms with van der Waals surface area (Å²) in [4.78, 5) is 0. The summed E-state index contributed by atoms with van der Waals surface area (Å²) in [6.07, 6.45) is 11.5. The van der Waals surface area contributed by atoms with Gasteiger partial charge in [-0.2, -0.15) is 11.8 Å². The minimum atomic E-state index is -0.104. The molecular weight excluding hydrogens is 281 g/mol. The maximum atomic E-state index is 13.3. The van der Waals surface area contributed by atoms with Gasteiger partial charge in [0.15, 0.2) is 0 Å². The molecular formula is C18H26FNS. The molecule has 116 valence electrons. The summed E-state index contributed by atoms with van der Waals surface area (Å²) in [7, 11) is 0. The highest BCUT2D eigenvalue weighted by Crippen LogP contribution is 2.40. The lowest BCUT2D eigenvalue weighted by Crippen LogP contribution is -2.47. The zero-order valence-electron chi connectivity index (χ0n) is 12.9. The van der Waals surface area contributed by atoms with E-state index in [1.165, 1.54) is 43.7 Å². The fourth-order valence-corrected chi connectivity index (χ4v) is 4.72. The van der Waals surface area contributed by atoms with Crippen molar-refractivity contribution in [3.05, 3.63) is 35.6 Å². The maximum absolute atomic E-state index is 13.3. The fourth-order valence-electron chi connectivity index (χ4n) is 3.80. The van der Waals surface area contributed by atoms with Crippen LogP contribution in [0.3, 0.4) is 0 Å². The van der Waals surface area contributed by atoms with E-state index in [1.807, 2.05) is 6.07 Å². The van der Waals surface area contributed by atoms with Gasteiger partial charge in [-0.25, -0.2) is 4.39 Å². The molecule has 1 aromatic rings. The summed E-state index contributed by atoms with van der Waals surface area (Å²) >= 11 is 2.06. The predicted molar refractivity (Wildman–Crippen MR) is 89.5 cm³/mol. The average Bonchev–Trinajstić information content (AvgIpc) is 2.47. The first-order chi connectivity index (χ1) is 10.2. The highest BCUT2D eigenvalue weighted by molar-refractivity contribution is 8.00. The lowest BCUT2D eigenvalue weighted by atomic mass is 9.75. The fraction of sp³-hybridized carbons (Fsp3) is 0.667. The number of nitrogens with one attached hydrogen (secondary N) is 1. The Balaban J connectivity index is 1.46. The van der Waals surface area contributed by atoms with E-state index in [9.17, 15) is 4.39 Å². The topological polar surface area (TPSA) is 12.0 Å². The summed E-state index contributed by atoms with van der Waals surface area (Å²) in [6.45, 7) is 1.15. The minimum absolute atomic E-state index is 0.104. The number of halogens is 1. The molecule has 3 heteroatoms. The largest absolute Gasteiger partial charge is 0.313 e. The van der Waals surface area contributed by atoms with Crippen LogP contribution in [0.2, 0.25) is 0 Å². The molecule has 0 bridgehead atoms. The second-order valence-electron chi connectivity index (χ2n) is 6.75. The van der Waals surface area contributed by atoms with Gasteiger partial charge in [0.05, 0.1) is 0 Å². The van der Waals surface area contributed by atoms with E-state index < -0.39 is 0 Å². The second-order valence-corrected chi connectivity index (χ2v) is 8.02. The Hall–Kier alpha value is -0.540. The number of thioether (sulfide) groups is 1. The van der Waals surface area contributed by atoms with Crippen molar-refractivity contribution in [3.8, 4) is 0 Å². The standard InChI is InChI=1S/C18H26FNS/c1-21-18(8-3-2-4-9-18)13-20-17-11-15(12-17)14-6-5-7-16(19)10-14/h5-7,10,15,17,20H,2-4,8-9,11-13H2,1H3. The second kappa shape index (κ2) is 6.70. The predicted octanol–water partition coefficient (Wildman–Crippen LogP) is 4.73. The van der Waals surface area contributed by atoms with Crippen molar-refractivity contribution in [2.45, 2.75) is 61.7 Å². The summed E-state index contributed by atoms with van der Waals surface area (Å²) in [5.41, 5.74) is 1.17. The van der Waals surface area contributed by atoms with Gasteiger partial charge in [0.2, 0.25) is 0 Å². The van der Waals surface area contributed by atoms with Crippen molar-refractivity contribution >= 4 is 11.8 Å². The molecule has 0 aliphatic heterocycles. The molecule has 0 amide bonds. The van der Waals surface area contributed by atoms with Gasteiger partial charge in [-0.15, -0.1) is 0 Å². The van der Waals surface area contributed by atoms with Crippen LogP contribution in [0.4, 0.5) is 4.39 Å². The molecule has 0 spiro atoms. The van der Waals surface area contributed by atoms with Crippen LogP contribution in [0.15, 0.2) is 24.3 Å². The molecule has 1 N–H and O–H groups in total. The number of hydrogen-bond acceptors (Lipinski definition) is 2. The Labute approximate surface area is 132 Å². The summed E-state index contributed by atoms with van der Waals surface area (Å²) < 4.78 is 13.7. The molecule has 0 unspecified atom stereocenters. The first-order valence-electron chi connectivity index (χ1n) is 8.25. The van der Waals surface area contributed by atoms with Crippen LogP contribution in [0.1, 0.15) is 56.4 Å². The van der Waals surface area contributed by atoms with E-state index in [2.05, 4.69) is 29.4 Å². The van der Waals surface area contributed by atoms with Crippen molar-refractivity contribution in [2.24, 2.45) is 0 Å². The minimum Gasteiger partial charge on any atom is -0.313 e. The van der Waals surface area contributed by atoms with Crippen LogP contribution in [-0.2, 0) is 0 Å². The van der Waals surface area contributed by atoms with E-state index in [-0.39, 0.29) is 5.82 Å². The van der Waals surface area contributed by atoms with Crippen molar-refractivity contribution in [1.82, 2.24) is 5.32 Å². The third-order valence-electron chi connectivity index (χ3n) is 5.37. The van der Waals surface area contributed by atoms with Crippen LogP contribution < -0.4 is 5.32 Å². The SMILES string of the molecule is CSC1(CNC2CC(c3cccc(F)c3)C2)CCCCC1. The quantitative estimate of drug-likeness (QED) is 0.844. The van der Waals surface area contributed by atoms with Gasteiger partial charge in [-0.05, 0) is 55.6 Å². The molecule has 21 heavy (non-hydrogen) atoms. The zero-order valence-corrected chi connectivity index (χ0v) is 13.7. The van der Waals surface area contributed by atoms with Crippen LogP contribution in [-0.4, -0.2) is 23.6 Å². The highest BCUT2D eigenvalue weighted by Gasteiger charge is 2.35. The van der Waals surface area contributed by atoms with E-state index in [0.717, 1.165) is 19.4 Å². The number of benzene rings is 1. The lowest BCUT2D eigenvalue weighted by molar-refractivity contribution is 0.267. The monoisotopic (exact) mass is 307 g/mol. The number of hydrogen-bond donors (Lipinski definition) is 1. The molecule has 2 fully saturated rings. The van der Waals surface area contributed by atoms with Crippen molar-refractivity contribution in [1.29, 1.82) is 0 Å². The Morgan fingerprint density at radius 2 is 2.00 bits per heavy atom. The first-order valence-corrected chi connectivity index (χ1v) is 9.47. The smallest absolute Gasteiger partial charge is 0.123 e. The maximum Gasteiger partial charge on any atom is 0.123 e. The molecule has 0 aromatic heterocycles. The molecule has 3 rings (SSSR count). The van der Waals surface area contributed by atoms with Crippen molar-refractivity contribution in [2.75, 3.05) is 12.8 Å². The molecule has 1 nitrogen and oxygen atoms in total. The molecule has 0 atom stereocenters. The van der Waals surface area contributed by atoms with Gasteiger partial charge in [0, 0.05) is 17.3 Å². The van der Waals surface area contributed by atoms with Crippen LogP contribution in [0, 0.1) is 5.82 Å². The Morgan fingerprint density at radius 3 is 2.67 bits per heavy atom. The van der Waals surface area contributed by atoms with Gasteiger partial charge in [0.1, 0.15) is 5.82 Å². The molecule has 2 aliphatic rings. The van der Waals surface area contributed by atoms with Crippen LogP contribution in [0.25, 0.3) is 0 Å². The van der Waals surface area contributed by atoms with Gasteiger partial charge in [-0.1, -0.05) is 31.4 Å². The van der Waals surface area contributed by atoms with Crippen molar-refractivity contribution in [3.63, 3.8) is 0 Å². The van der Waals surface area contributed by atoms with Crippen LogP contribution >= 0.6 is 11.8 Å². The van der Waals surface area contributed by atoms with Gasteiger partial charge < -0.3 is 5.32 Å². The summed E-state index contributed by atoms with van der Waals surface area (Å²) in [6, 6.07) is 7.75. The third-order valence-corrected chi connectivity index (χ3v) is 6.79. The van der Waals surface area contributed by atoms with E-state index >= 15 is 0 Å². The molecule has 2 aliphatic carbocycles. The van der Waals surface area contributed by atoms with Gasteiger partial charge in [0.25, 0.3) is 0 Å². The normalized spacial score (nSPS) is 28.1. The Bertz CT molecular complexity index is 464. The molecule has 0 radical (unpaired) electrons. The molecule has 2 saturated carbocycles. The lowest BCUT2D eigenvalue weighted by Gasteiger charge is -2.41. The third kappa shape index (κ3) is 3.62. The highest BCUT2D eigenvalue weighted by atomic mass is 32.2. The van der Waals surface area contributed by atoms with Gasteiger partial charge >= 0.3 is 0 Å². The van der Waals surface area contributed by atoms with E-state index in [1.54, 1.807) is 6.07 Å². The van der Waals surface area contributed by atoms with Gasteiger partial charge in [-0.3, -0.25) is 0 Å². The first kappa shape index (κ1) is 15.4. The average molecular weight is 307 g/mol. The molecule has 1 aromatic carbocycles. The molecule has 0 saturated heterocycles. The zero-order chi connectivity index (χ0) is 14.7. The van der Waals surface area contributed by atoms with E-state index in [0.29, 0.717) is 16.7 Å². The number of rotatable bonds is 5. The Morgan fingerprint density at radius 1 is 1.24 bits per heavy atom. The summed E-state index contributed by atoms with van der Waals surface area (Å²) in [5.74, 6) is 0.447. The Kier molecular flexibility index (Phi) is 4.90. The van der Waals surface area contributed by atoms with Crippen LogP contribution in [0.5, 0.6) is 0 Å². The summed E-state index contributed by atoms with van der Waals surface area (Å²) in [5, 5.41) is 3.78. The molecule has 0 heterocycles.